The molecule has 80 valence electrons. The molecule has 1 rings (SSSR count). The zero-order valence-corrected chi connectivity index (χ0v) is 9.13. The number of rotatable bonds is 3. The molecular weight excluding hydrogens is 192 g/mol. The van der Waals surface area contributed by atoms with Crippen LogP contribution < -0.4 is 5.32 Å². The van der Waals surface area contributed by atoms with Crippen LogP contribution in [0.5, 0.6) is 0 Å². The maximum absolute atomic E-state index is 11.7. The molecule has 1 aromatic heterocycles. The van der Waals surface area contributed by atoms with Crippen LogP contribution in [-0.4, -0.2) is 16.9 Å². The zero-order chi connectivity index (χ0) is 11.4. The van der Waals surface area contributed by atoms with Crippen LogP contribution in [0.25, 0.3) is 0 Å². The second-order valence-electron chi connectivity index (χ2n) is 3.25. The maximum Gasteiger partial charge on any atom is 0.289 e. The number of nitrogens with zero attached hydrogens (tertiary/aromatic N) is 1. The summed E-state index contributed by atoms with van der Waals surface area (Å²) in [5, 5.41) is 2.68. The smallest absolute Gasteiger partial charge is 0.289 e. The minimum Gasteiger partial charge on any atom is -0.436 e. The summed E-state index contributed by atoms with van der Waals surface area (Å²) in [6.07, 6.45) is 5.93. The highest BCUT2D eigenvalue weighted by Gasteiger charge is 2.17. The molecule has 15 heavy (non-hydrogen) atoms. The van der Waals surface area contributed by atoms with Gasteiger partial charge in [0.2, 0.25) is 5.76 Å². The molecule has 0 aliphatic carbocycles. The van der Waals surface area contributed by atoms with Crippen molar-refractivity contribution >= 4 is 5.91 Å². The molecule has 0 saturated carbocycles. The van der Waals surface area contributed by atoms with Gasteiger partial charge in [0, 0.05) is 6.92 Å². The number of nitrogens with one attached hydrogen (secondary N) is 1. The lowest BCUT2D eigenvalue weighted by molar-refractivity contribution is 0.0915. The van der Waals surface area contributed by atoms with Crippen LogP contribution >= 0.6 is 0 Å². The number of amides is 1. The van der Waals surface area contributed by atoms with Gasteiger partial charge in [0.25, 0.3) is 5.91 Å². The van der Waals surface area contributed by atoms with Crippen molar-refractivity contribution in [1.82, 2.24) is 10.3 Å². The average Bonchev–Trinajstić information content (AvgIpc) is 2.54. The van der Waals surface area contributed by atoms with Crippen LogP contribution in [0, 0.1) is 26.2 Å². The molecule has 1 unspecified atom stereocenters. The van der Waals surface area contributed by atoms with Crippen molar-refractivity contribution < 1.29 is 9.21 Å². The van der Waals surface area contributed by atoms with Gasteiger partial charge in [-0.25, -0.2) is 4.98 Å². The van der Waals surface area contributed by atoms with Gasteiger partial charge in [-0.1, -0.05) is 12.8 Å². The van der Waals surface area contributed by atoms with Crippen molar-refractivity contribution in [1.29, 1.82) is 0 Å². The first kappa shape index (κ1) is 11.3. The Morgan fingerprint density at radius 2 is 2.33 bits per heavy atom. The van der Waals surface area contributed by atoms with Gasteiger partial charge in [0.15, 0.2) is 5.89 Å². The Labute approximate surface area is 89.1 Å². The highest BCUT2D eigenvalue weighted by molar-refractivity contribution is 5.92. The van der Waals surface area contributed by atoms with E-state index in [0.29, 0.717) is 18.0 Å². The Hall–Kier alpha value is -1.76. The summed E-state index contributed by atoms with van der Waals surface area (Å²) < 4.78 is 5.17. The molecule has 4 nitrogen and oxygen atoms in total. The predicted molar refractivity (Wildman–Crippen MR) is 56.4 cm³/mol. The number of aryl methyl sites for hydroxylation is 2. The lowest BCUT2D eigenvalue weighted by Crippen LogP contribution is -2.33. The van der Waals surface area contributed by atoms with Crippen LogP contribution in [-0.2, 0) is 0 Å². The topological polar surface area (TPSA) is 55.1 Å². The fourth-order valence-corrected chi connectivity index (χ4v) is 1.23. The summed E-state index contributed by atoms with van der Waals surface area (Å²) in [6, 6.07) is -0.262. The number of oxazole rings is 1. The second kappa shape index (κ2) is 4.65. The molecule has 1 atom stereocenters. The highest BCUT2D eigenvalue weighted by atomic mass is 16.4. The lowest BCUT2D eigenvalue weighted by Gasteiger charge is -2.08. The third-order valence-corrected chi connectivity index (χ3v) is 2.02. The van der Waals surface area contributed by atoms with Crippen LogP contribution in [0.2, 0.25) is 0 Å². The first-order valence-corrected chi connectivity index (χ1v) is 4.79. The summed E-state index contributed by atoms with van der Waals surface area (Å²) in [4.78, 5) is 15.7. The molecule has 0 spiro atoms. The highest BCUT2D eigenvalue weighted by Crippen LogP contribution is 2.09. The predicted octanol–water partition coefficient (Wildman–Crippen LogP) is 1.43. The molecule has 0 bridgehead atoms. The normalized spacial score (nSPS) is 11.9. The van der Waals surface area contributed by atoms with Crippen molar-refractivity contribution in [2.45, 2.75) is 33.2 Å². The third kappa shape index (κ3) is 2.59. The maximum atomic E-state index is 11.7. The number of hydrogen-bond donors (Lipinski definition) is 1. The van der Waals surface area contributed by atoms with Gasteiger partial charge in [-0.05, 0) is 13.3 Å². The number of carbonyl (C=O) groups excluding carboxylic acids is 1. The lowest BCUT2D eigenvalue weighted by atomic mass is 10.2. The summed E-state index contributed by atoms with van der Waals surface area (Å²) >= 11 is 0. The number of aromatic nitrogens is 1. The molecule has 4 heteroatoms. The van der Waals surface area contributed by atoms with Crippen molar-refractivity contribution in [3.05, 3.63) is 17.3 Å². The summed E-state index contributed by atoms with van der Waals surface area (Å²) in [5.74, 6) is 2.89. The van der Waals surface area contributed by atoms with Gasteiger partial charge >= 0.3 is 0 Å². The van der Waals surface area contributed by atoms with Gasteiger partial charge in [-0.2, -0.15) is 0 Å². The minimum absolute atomic E-state index is 0.237. The molecule has 0 saturated heterocycles. The summed E-state index contributed by atoms with van der Waals surface area (Å²) in [7, 11) is 0. The van der Waals surface area contributed by atoms with Gasteiger partial charge < -0.3 is 9.73 Å². The number of hydrogen-bond acceptors (Lipinski definition) is 3. The first-order chi connectivity index (χ1) is 7.08. The van der Waals surface area contributed by atoms with Crippen molar-refractivity contribution in [3.8, 4) is 12.3 Å². The molecule has 0 aliphatic rings. The zero-order valence-electron chi connectivity index (χ0n) is 9.13. The molecular formula is C11H14N2O2. The molecule has 1 heterocycles. The van der Waals surface area contributed by atoms with E-state index in [9.17, 15) is 4.79 Å². The molecule has 0 aliphatic heterocycles. The fourth-order valence-electron chi connectivity index (χ4n) is 1.23. The van der Waals surface area contributed by atoms with E-state index in [4.69, 9.17) is 10.8 Å². The standard InChI is InChI=1S/C11H14N2O2/c1-5-9(6-2)13-11(14)10-7(3)12-8(4)15-10/h1,9H,6H2,2-4H3,(H,13,14). The van der Waals surface area contributed by atoms with E-state index in [1.54, 1.807) is 13.8 Å². The van der Waals surface area contributed by atoms with Gasteiger partial charge in [0.1, 0.15) is 0 Å². The number of carbonyl (C=O) groups is 1. The third-order valence-electron chi connectivity index (χ3n) is 2.02. The fraction of sp³-hybridized carbons (Fsp3) is 0.455. The quantitative estimate of drug-likeness (QED) is 0.761. The average molecular weight is 206 g/mol. The first-order valence-electron chi connectivity index (χ1n) is 4.79. The SMILES string of the molecule is C#CC(CC)NC(=O)c1oc(C)nc1C. The number of terminal acetylenes is 1. The molecule has 0 radical (unpaired) electrons. The Morgan fingerprint density at radius 3 is 2.73 bits per heavy atom. The largest absolute Gasteiger partial charge is 0.436 e. The van der Waals surface area contributed by atoms with E-state index >= 15 is 0 Å². The van der Waals surface area contributed by atoms with Gasteiger partial charge in [-0.15, -0.1) is 6.42 Å². The molecule has 1 aromatic rings. The van der Waals surface area contributed by atoms with Crippen molar-refractivity contribution in [2.75, 3.05) is 0 Å². The Kier molecular flexibility index (Phi) is 3.51. The molecule has 0 aromatic carbocycles. The van der Waals surface area contributed by atoms with Crippen LogP contribution in [0.1, 0.15) is 35.5 Å². The molecule has 1 N–H and O–H groups in total. The molecule has 0 fully saturated rings. The van der Waals surface area contributed by atoms with Crippen molar-refractivity contribution in [2.24, 2.45) is 0 Å². The van der Waals surface area contributed by atoms with E-state index in [1.807, 2.05) is 6.92 Å². The summed E-state index contributed by atoms with van der Waals surface area (Å²) in [5.41, 5.74) is 0.580. The van der Waals surface area contributed by atoms with Gasteiger partial charge in [-0.3, -0.25) is 4.79 Å². The van der Waals surface area contributed by atoms with E-state index in [1.165, 1.54) is 0 Å². The van der Waals surface area contributed by atoms with E-state index in [-0.39, 0.29) is 17.7 Å². The van der Waals surface area contributed by atoms with Crippen molar-refractivity contribution in [3.63, 3.8) is 0 Å². The molecule has 1 amide bonds. The Balaban J connectivity index is 2.78. The van der Waals surface area contributed by atoms with Crippen LogP contribution in [0.4, 0.5) is 0 Å². The van der Waals surface area contributed by atoms with E-state index in [2.05, 4.69) is 16.2 Å². The monoisotopic (exact) mass is 206 g/mol. The van der Waals surface area contributed by atoms with Crippen LogP contribution in [0.3, 0.4) is 0 Å². The van der Waals surface area contributed by atoms with Gasteiger partial charge in [0.05, 0.1) is 11.7 Å². The minimum atomic E-state index is -0.307. The van der Waals surface area contributed by atoms with Crippen LogP contribution in [0.15, 0.2) is 4.42 Å². The Morgan fingerprint density at radius 1 is 1.67 bits per heavy atom. The van der Waals surface area contributed by atoms with E-state index < -0.39 is 0 Å². The summed E-state index contributed by atoms with van der Waals surface area (Å²) in [6.45, 7) is 5.33. The second-order valence-corrected chi connectivity index (χ2v) is 3.25. The Bertz CT molecular complexity index is 401. The van der Waals surface area contributed by atoms with E-state index in [0.717, 1.165) is 0 Å².